The Balaban J connectivity index is 0.000000806. The van der Waals surface area contributed by atoms with Gasteiger partial charge in [-0.1, -0.05) is 17.4 Å². The predicted octanol–water partition coefficient (Wildman–Crippen LogP) is 0.805. The van der Waals surface area contributed by atoms with Crippen molar-refractivity contribution in [2.45, 2.75) is 31.8 Å². The van der Waals surface area contributed by atoms with Crippen LogP contribution in [-0.2, 0) is 20.0 Å². The van der Waals surface area contributed by atoms with Crippen molar-refractivity contribution in [3.8, 4) is 0 Å². The molecule has 4 heterocycles. The number of pyridine rings is 1. The summed E-state index contributed by atoms with van der Waals surface area (Å²) in [6.07, 6.45) is 4.47. The van der Waals surface area contributed by atoms with Gasteiger partial charge in [0.2, 0.25) is 16.9 Å². The summed E-state index contributed by atoms with van der Waals surface area (Å²) < 4.78 is 0. The molecule has 0 radical (unpaired) electrons. The normalized spacial score (nSPS) is 20.5. The standard InChI is InChI=1S/C18H21N5O3S.CH2O2/c1-12-20-21-17(27-12)23-11-13(9-15(23)24)16(25)22-7-4-18(26,5-8-22)14-3-2-6-19-10-14;2-1-3/h2-3,6,10,13,26H,4-5,7-9,11H2,1H3;1H,(H,2,3). The molecule has 0 aliphatic carbocycles. The quantitative estimate of drug-likeness (QED) is 0.679. The van der Waals surface area contributed by atoms with E-state index in [9.17, 15) is 14.7 Å². The molecule has 1 unspecified atom stereocenters. The van der Waals surface area contributed by atoms with Crippen molar-refractivity contribution < 1.29 is 24.6 Å². The highest BCUT2D eigenvalue weighted by Gasteiger charge is 2.41. The van der Waals surface area contributed by atoms with Gasteiger partial charge in [0.1, 0.15) is 5.01 Å². The van der Waals surface area contributed by atoms with Crippen LogP contribution >= 0.6 is 11.3 Å². The second-order valence-electron chi connectivity index (χ2n) is 7.21. The topological polar surface area (TPSA) is 137 Å². The fourth-order valence-corrected chi connectivity index (χ4v) is 4.45. The average Bonchev–Trinajstić information content (AvgIpc) is 3.35. The lowest BCUT2D eigenvalue weighted by Gasteiger charge is -2.39. The first-order valence-electron chi connectivity index (χ1n) is 9.48. The zero-order valence-corrected chi connectivity index (χ0v) is 17.3. The van der Waals surface area contributed by atoms with E-state index in [1.807, 2.05) is 13.0 Å². The van der Waals surface area contributed by atoms with Gasteiger partial charge in [-0.15, -0.1) is 10.2 Å². The number of carbonyl (C=O) groups is 3. The second-order valence-corrected chi connectivity index (χ2v) is 8.37. The molecule has 160 valence electrons. The van der Waals surface area contributed by atoms with Gasteiger partial charge >= 0.3 is 0 Å². The molecule has 0 saturated carbocycles. The van der Waals surface area contributed by atoms with Crippen LogP contribution in [0.3, 0.4) is 0 Å². The van der Waals surface area contributed by atoms with E-state index >= 15 is 0 Å². The first kappa shape index (κ1) is 21.8. The van der Waals surface area contributed by atoms with Crippen LogP contribution < -0.4 is 4.90 Å². The minimum atomic E-state index is -0.952. The summed E-state index contributed by atoms with van der Waals surface area (Å²) in [6.45, 7) is 2.86. The molecule has 2 aliphatic rings. The summed E-state index contributed by atoms with van der Waals surface area (Å²) >= 11 is 1.35. The Morgan fingerprint density at radius 2 is 2.03 bits per heavy atom. The molecule has 2 fully saturated rings. The van der Waals surface area contributed by atoms with Crippen LogP contribution in [0.2, 0.25) is 0 Å². The van der Waals surface area contributed by atoms with Crippen molar-refractivity contribution >= 4 is 34.8 Å². The highest BCUT2D eigenvalue weighted by Crippen LogP contribution is 2.34. The zero-order chi connectivity index (χ0) is 21.7. The molecule has 11 heteroatoms. The molecule has 2 aromatic rings. The van der Waals surface area contributed by atoms with Gasteiger partial charge in [-0.25, -0.2) is 0 Å². The number of hydrogen-bond donors (Lipinski definition) is 2. The first-order valence-corrected chi connectivity index (χ1v) is 10.3. The van der Waals surface area contributed by atoms with Crippen LogP contribution in [0.1, 0.15) is 29.8 Å². The van der Waals surface area contributed by atoms with Gasteiger partial charge in [-0.2, -0.15) is 0 Å². The second kappa shape index (κ2) is 9.26. The number of rotatable bonds is 3. The van der Waals surface area contributed by atoms with Gasteiger partial charge in [-0.05, 0) is 25.8 Å². The molecule has 30 heavy (non-hydrogen) atoms. The van der Waals surface area contributed by atoms with Crippen LogP contribution in [0, 0.1) is 12.8 Å². The molecule has 2 aromatic heterocycles. The van der Waals surface area contributed by atoms with Crippen molar-refractivity contribution in [2.75, 3.05) is 24.5 Å². The Morgan fingerprint density at radius 3 is 2.60 bits per heavy atom. The van der Waals surface area contributed by atoms with Crippen LogP contribution in [0.5, 0.6) is 0 Å². The van der Waals surface area contributed by atoms with Crippen molar-refractivity contribution in [2.24, 2.45) is 5.92 Å². The average molecular weight is 433 g/mol. The van der Waals surface area contributed by atoms with Gasteiger partial charge in [0.05, 0.1) is 11.5 Å². The number of carboxylic acid groups (broad SMARTS) is 1. The lowest BCUT2D eigenvalue weighted by Crippen LogP contribution is -2.47. The number of aryl methyl sites for hydroxylation is 1. The molecule has 4 rings (SSSR count). The monoisotopic (exact) mass is 433 g/mol. The highest BCUT2D eigenvalue weighted by molar-refractivity contribution is 7.15. The number of piperidine rings is 1. The van der Waals surface area contributed by atoms with Crippen molar-refractivity contribution in [3.05, 3.63) is 35.1 Å². The highest BCUT2D eigenvalue weighted by atomic mass is 32.1. The fourth-order valence-electron chi connectivity index (χ4n) is 3.74. The lowest BCUT2D eigenvalue weighted by atomic mass is 9.85. The minimum Gasteiger partial charge on any atom is -0.483 e. The number of carbonyl (C=O) groups excluding carboxylic acids is 2. The summed E-state index contributed by atoms with van der Waals surface area (Å²) in [5.41, 5.74) is -0.168. The molecule has 0 bridgehead atoms. The smallest absolute Gasteiger partial charge is 0.290 e. The molecule has 2 amide bonds. The maximum Gasteiger partial charge on any atom is 0.290 e. The summed E-state index contributed by atoms with van der Waals surface area (Å²) in [6, 6.07) is 3.67. The summed E-state index contributed by atoms with van der Waals surface area (Å²) in [4.78, 5) is 41.0. The van der Waals surface area contributed by atoms with Crippen LogP contribution in [0.15, 0.2) is 24.5 Å². The number of hydrogen-bond acceptors (Lipinski definition) is 8. The molecule has 2 aliphatic heterocycles. The zero-order valence-electron chi connectivity index (χ0n) is 16.5. The van der Waals surface area contributed by atoms with E-state index in [1.165, 1.54) is 11.3 Å². The summed E-state index contributed by atoms with van der Waals surface area (Å²) in [5, 5.41) is 27.1. The number of aliphatic hydroxyl groups is 1. The minimum absolute atomic E-state index is 0.0275. The molecule has 2 saturated heterocycles. The maximum atomic E-state index is 12.9. The largest absolute Gasteiger partial charge is 0.483 e. The number of anilines is 1. The third-order valence-electron chi connectivity index (χ3n) is 5.32. The Morgan fingerprint density at radius 1 is 1.33 bits per heavy atom. The van der Waals surface area contributed by atoms with E-state index in [0.29, 0.717) is 37.6 Å². The Hall–Kier alpha value is -2.92. The molecule has 0 aromatic carbocycles. The van der Waals surface area contributed by atoms with E-state index in [2.05, 4.69) is 15.2 Å². The third kappa shape index (κ3) is 4.62. The van der Waals surface area contributed by atoms with Gasteiger partial charge in [0.15, 0.2) is 0 Å². The molecular weight excluding hydrogens is 410 g/mol. The van der Waals surface area contributed by atoms with Crippen molar-refractivity contribution in [1.29, 1.82) is 0 Å². The third-order valence-corrected chi connectivity index (χ3v) is 6.18. The number of nitrogens with zero attached hydrogens (tertiary/aromatic N) is 5. The number of aromatic nitrogens is 3. The Labute approximate surface area is 177 Å². The van der Waals surface area contributed by atoms with E-state index in [-0.39, 0.29) is 30.6 Å². The Kier molecular flexibility index (Phi) is 6.73. The maximum absolute atomic E-state index is 12.9. The Bertz CT molecular complexity index is 898. The van der Waals surface area contributed by atoms with Crippen molar-refractivity contribution in [1.82, 2.24) is 20.1 Å². The van der Waals surface area contributed by atoms with Crippen molar-refractivity contribution in [3.63, 3.8) is 0 Å². The van der Waals surface area contributed by atoms with Gasteiger partial charge < -0.3 is 15.1 Å². The summed E-state index contributed by atoms with van der Waals surface area (Å²) in [7, 11) is 0. The predicted molar refractivity (Wildman–Crippen MR) is 108 cm³/mol. The fraction of sp³-hybridized carbons (Fsp3) is 0.474. The summed E-state index contributed by atoms with van der Waals surface area (Å²) in [5.74, 6) is -0.486. The molecule has 1 atom stereocenters. The number of likely N-dealkylation sites (tertiary alicyclic amines) is 1. The van der Waals surface area contributed by atoms with E-state index in [0.717, 1.165) is 10.6 Å². The lowest BCUT2D eigenvalue weighted by molar-refractivity contribution is -0.140. The molecular formula is C19H23N5O5S. The first-order chi connectivity index (χ1) is 14.4. The van der Waals surface area contributed by atoms with Crippen LogP contribution in [0.25, 0.3) is 0 Å². The van der Waals surface area contributed by atoms with Crippen LogP contribution in [-0.4, -0.2) is 68.2 Å². The van der Waals surface area contributed by atoms with Crippen LogP contribution in [0.4, 0.5) is 5.13 Å². The van der Waals surface area contributed by atoms with E-state index in [1.54, 1.807) is 28.3 Å². The van der Waals surface area contributed by atoms with Gasteiger partial charge in [0.25, 0.3) is 6.47 Å². The number of amides is 2. The van der Waals surface area contributed by atoms with Gasteiger partial charge in [0, 0.05) is 44.0 Å². The van der Waals surface area contributed by atoms with E-state index in [4.69, 9.17) is 9.90 Å². The molecule has 2 N–H and O–H groups in total. The SMILES string of the molecule is Cc1nnc(N2CC(C(=O)N3CCC(O)(c4cccnc4)CC3)CC2=O)s1.O=CO. The van der Waals surface area contributed by atoms with E-state index < -0.39 is 5.60 Å². The molecule has 0 spiro atoms. The molecule has 10 nitrogen and oxygen atoms in total. The van der Waals surface area contributed by atoms with Gasteiger partial charge in [-0.3, -0.25) is 24.3 Å².